The average molecular weight is 220 g/mol. The van der Waals surface area contributed by atoms with Gasteiger partial charge >= 0.3 is 0 Å². The molecule has 0 saturated carbocycles. The molecule has 92 valence electrons. The van der Waals surface area contributed by atoms with Crippen LogP contribution in [-0.2, 0) is 9.47 Å². The molecule has 0 bridgehead atoms. The van der Waals surface area contributed by atoms with Crippen LogP contribution in [0.15, 0.2) is 0 Å². The Morgan fingerprint density at radius 1 is 1.07 bits per heavy atom. The third-order valence-electron chi connectivity index (χ3n) is 2.11. The number of hydrogen-bond donors (Lipinski definition) is 2. The molecule has 4 heteroatoms. The Morgan fingerprint density at radius 2 is 1.80 bits per heavy atom. The van der Waals surface area contributed by atoms with Gasteiger partial charge in [-0.3, -0.25) is 0 Å². The lowest BCUT2D eigenvalue weighted by Crippen LogP contribution is -2.34. The minimum Gasteiger partial charge on any atom is -0.393 e. The Labute approximate surface area is 92.2 Å². The Hall–Kier alpha value is -0.160. The second kappa shape index (κ2) is 10.4. The first-order valence-electron chi connectivity index (χ1n) is 5.78. The first-order valence-corrected chi connectivity index (χ1v) is 5.78. The molecular weight excluding hydrogens is 196 g/mol. The van der Waals surface area contributed by atoms with E-state index in [9.17, 15) is 5.11 Å². The Bertz CT molecular complexity index is 130. The van der Waals surface area contributed by atoms with Crippen molar-refractivity contribution in [2.24, 2.45) is 0 Å². The lowest BCUT2D eigenvalue weighted by atomic mass is 10.2. The molecule has 0 heterocycles. The average Bonchev–Trinajstić information content (AvgIpc) is 2.26. The lowest BCUT2D eigenvalue weighted by molar-refractivity contribution is -0.199. The zero-order chi connectivity index (χ0) is 11.5. The molecule has 0 aliphatic heterocycles. The highest BCUT2D eigenvalue weighted by atomic mass is 16.7. The van der Waals surface area contributed by atoms with E-state index in [4.69, 9.17) is 14.6 Å². The van der Waals surface area contributed by atoms with Gasteiger partial charge in [0.15, 0.2) is 6.29 Å². The van der Waals surface area contributed by atoms with E-state index in [2.05, 4.69) is 6.92 Å². The smallest absolute Gasteiger partial charge is 0.185 e. The van der Waals surface area contributed by atoms with Crippen LogP contribution in [0.25, 0.3) is 0 Å². The minimum absolute atomic E-state index is 0.334. The molecule has 0 saturated heterocycles. The topological polar surface area (TPSA) is 58.9 Å². The molecule has 0 radical (unpaired) electrons. The van der Waals surface area contributed by atoms with E-state index in [-0.39, 0.29) is 6.61 Å². The first kappa shape index (κ1) is 14.8. The number of unbranched alkanes of at least 4 members (excludes halogenated alkanes) is 3. The third kappa shape index (κ3) is 7.73. The maximum absolute atomic E-state index is 9.35. The fourth-order valence-electron chi connectivity index (χ4n) is 1.25. The lowest BCUT2D eigenvalue weighted by Gasteiger charge is -2.21. The monoisotopic (exact) mass is 220 g/mol. The van der Waals surface area contributed by atoms with Crippen molar-refractivity contribution in [2.75, 3.05) is 19.8 Å². The standard InChI is InChI=1S/C11H24O4/c1-3-5-6-7-8-15-11(14-4-2)10(13)9-12/h10-13H,3-9H2,1-2H3. The summed E-state index contributed by atoms with van der Waals surface area (Å²) in [6.45, 7) is 4.69. The molecule has 4 nitrogen and oxygen atoms in total. The van der Waals surface area contributed by atoms with Crippen LogP contribution in [0.2, 0.25) is 0 Å². The molecule has 0 aromatic rings. The van der Waals surface area contributed by atoms with E-state index in [1.165, 1.54) is 12.8 Å². The van der Waals surface area contributed by atoms with Gasteiger partial charge in [-0.15, -0.1) is 0 Å². The molecule has 0 fully saturated rings. The molecule has 0 rings (SSSR count). The van der Waals surface area contributed by atoms with Crippen LogP contribution in [0.4, 0.5) is 0 Å². The van der Waals surface area contributed by atoms with Gasteiger partial charge in [-0.1, -0.05) is 26.2 Å². The van der Waals surface area contributed by atoms with E-state index in [1.807, 2.05) is 6.92 Å². The number of hydrogen-bond acceptors (Lipinski definition) is 4. The van der Waals surface area contributed by atoms with Crippen molar-refractivity contribution in [2.45, 2.75) is 51.9 Å². The molecule has 0 amide bonds. The highest BCUT2D eigenvalue weighted by molar-refractivity contribution is 4.58. The minimum atomic E-state index is -0.948. The van der Waals surface area contributed by atoms with Gasteiger partial charge in [0.05, 0.1) is 6.61 Å². The van der Waals surface area contributed by atoms with Crippen LogP contribution in [0, 0.1) is 0 Å². The van der Waals surface area contributed by atoms with Crippen molar-refractivity contribution in [1.29, 1.82) is 0 Å². The predicted octanol–water partition coefficient (Wildman–Crippen LogP) is 1.30. The summed E-state index contributed by atoms with van der Waals surface area (Å²) >= 11 is 0. The predicted molar refractivity (Wildman–Crippen MR) is 58.6 cm³/mol. The van der Waals surface area contributed by atoms with E-state index in [0.29, 0.717) is 13.2 Å². The van der Waals surface area contributed by atoms with Crippen LogP contribution in [0.5, 0.6) is 0 Å². The zero-order valence-electron chi connectivity index (χ0n) is 9.82. The number of ether oxygens (including phenoxy) is 2. The highest BCUT2D eigenvalue weighted by Crippen LogP contribution is 2.05. The summed E-state index contributed by atoms with van der Waals surface area (Å²) in [7, 11) is 0. The molecular formula is C11H24O4. The summed E-state index contributed by atoms with van der Waals surface area (Å²) < 4.78 is 10.5. The number of aliphatic hydroxyl groups is 2. The summed E-state index contributed by atoms with van der Waals surface area (Å²) in [6.07, 6.45) is 2.84. The van der Waals surface area contributed by atoms with Crippen molar-refractivity contribution in [3.05, 3.63) is 0 Å². The van der Waals surface area contributed by atoms with Crippen molar-refractivity contribution < 1.29 is 19.7 Å². The second-order valence-corrected chi connectivity index (χ2v) is 3.51. The molecule has 0 aromatic carbocycles. The summed E-state index contributed by atoms with van der Waals surface area (Å²) in [5, 5.41) is 18.1. The van der Waals surface area contributed by atoms with Gasteiger partial charge < -0.3 is 19.7 Å². The summed E-state index contributed by atoms with van der Waals surface area (Å²) in [5.41, 5.74) is 0. The van der Waals surface area contributed by atoms with Gasteiger partial charge in [-0.25, -0.2) is 0 Å². The number of rotatable bonds is 10. The van der Waals surface area contributed by atoms with Gasteiger partial charge in [0.25, 0.3) is 0 Å². The van der Waals surface area contributed by atoms with Gasteiger partial charge in [-0.05, 0) is 13.3 Å². The van der Waals surface area contributed by atoms with Gasteiger partial charge in [0.2, 0.25) is 0 Å². The second-order valence-electron chi connectivity index (χ2n) is 3.51. The number of aliphatic hydroxyl groups excluding tert-OH is 2. The van der Waals surface area contributed by atoms with Crippen molar-refractivity contribution >= 4 is 0 Å². The Balaban J connectivity index is 3.56. The molecule has 2 unspecified atom stereocenters. The zero-order valence-corrected chi connectivity index (χ0v) is 9.82. The van der Waals surface area contributed by atoms with E-state index in [1.54, 1.807) is 0 Å². The molecule has 0 spiro atoms. The maximum atomic E-state index is 9.35. The Kier molecular flexibility index (Phi) is 10.3. The normalized spacial score (nSPS) is 15.2. The van der Waals surface area contributed by atoms with Crippen LogP contribution in [0.1, 0.15) is 39.5 Å². The fraction of sp³-hybridized carbons (Fsp3) is 1.00. The molecule has 0 aliphatic rings. The maximum Gasteiger partial charge on any atom is 0.185 e. The molecule has 2 atom stereocenters. The summed E-state index contributed by atoms with van der Waals surface area (Å²) in [6, 6.07) is 0. The first-order chi connectivity index (χ1) is 7.26. The van der Waals surface area contributed by atoms with Crippen molar-refractivity contribution in [3.8, 4) is 0 Å². The van der Waals surface area contributed by atoms with Crippen LogP contribution < -0.4 is 0 Å². The van der Waals surface area contributed by atoms with Gasteiger partial charge in [0, 0.05) is 13.2 Å². The fourth-order valence-corrected chi connectivity index (χ4v) is 1.25. The van der Waals surface area contributed by atoms with Crippen molar-refractivity contribution in [3.63, 3.8) is 0 Å². The van der Waals surface area contributed by atoms with Crippen LogP contribution in [-0.4, -0.2) is 42.4 Å². The SMILES string of the molecule is CCCCCCOC(OCC)C(O)CO. The Morgan fingerprint density at radius 3 is 2.33 bits per heavy atom. The molecule has 0 aliphatic carbocycles. The van der Waals surface area contributed by atoms with Crippen molar-refractivity contribution in [1.82, 2.24) is 0 Å². The van der Waals surface area contributed by atoms with E-state index >= 15 is 0 Å². The highest BCUT2D eigenvalue weighted by Gasteiger charge is 2.18. The molecule has 15 heavy (non-hydrogen) atoms. The van der Waals surface area contributed by atoms with Crippen LogP contribution in [0.3, 0.4) is 0 Å². The third-order valence-corrected chi connectivity index (χ3v) is 2.11. The summed E-state index contributed by atoms with van der Waals surface area (Å²) in [5.74, 6) is 0. The quantitative estimate of drug-likeness (QED) is 0.430. The van der Waals surface area contributed by atoms with Gasteiger partial charge in [-0.2, -0.15) is 0 Å². The van der Waals surface area contributed by atoms with Gasteiger partial charge in [0.1, 0.15) is 6.10 Å². The van der Waals surface area contributed by atoms with E-state index < -0.39 is 12.4 Å². The van der Waals surface area contributed by atoms with E-state index in [0.717, 1.165) is 12.8 Å². The summed E-state index contributed by atoms with van der Waals surface area (Å²) in [4.78, 5) is 0. The van der Waals surface area contributed by atoms with Crippen LogP contribution >= 0.6 is 0 Å². The largest absolute Gasteiger partial charge is 0.393 e. The molecule has 2 N–H and O–H groups in total. The molecule has 0 aromatic heterocycles.